The maximum Gasteiger partial charge on any atom is 0.224 e. The highest BCUT2D eigenvalue weighted by Crippen LogP contribution is 2.17. The van der Waals surface area contributed by atoms with Crippen LogP contribution in [0.2, 0.25) is 0 Å². The van der Waals surface area contributed by atoms with Crippen molar-refractivity contribution >= 4 is 5.91 Å². The monoisotopic (exact) mass is 239 g/mol. The molecule has 0 heterocycles. The van der Waals surface area contributed by atoms with Crippen LogP contribution in [0, 0.1) is 17.8 Å². The summed E-state index contributed by atoms with van der Waals surface area (Å²) in [5, 5.41) is 2.88. The first-order chi connectivity index (χ1) is 8.86. The van der Waals surface area contributed by atoms with Crippen molar-refractivity contribution in [3.63, 3.8) is 0 Å². The van der Waals surface area contributed by atoms with Gasteiger partial charge in [0.1, 0.15) is 0 Å². The minimum Gasteiger partial charge on any atom is -0.345 e. The van der Waals surface area contributed by atoms with Gasteiger partial charge < -0.3 is 5.32 Å². The molecule has 2 rings (SSSR count). The van der Waals surface area contributed by atoms with E-state index in [4.69, 9.17) is 0 Å². The Morgan fingerprint density at radius 2 is 2.11 bits per heavy atom. The number of allylic oxidation sites excluding steroid dienone is 2. The topological polar surface area (TPSA) is 29.1 Å². The molecule has 0 saturated carbocycles. The lowest BCUT2D eigenvalue weighted by molar-refractivity contribution is -0.124. The second-order valence-electron chi connectivity index (χ2n) is 4.37. The van der Waals surface area contributed by atoms with E-state index in [0.717, 1.165) is 24.8 Å². The zero-order valence-electron chi connectivity index (χ0n) is 10.4. The number of rotatable bonds is 2. The van der Waals surface area contributed by atoms with Gasteiger partial charge in [-0.2, -0.15) is 0 Å². The Labute approximate surface area is 108 Å². The van der Waals surface area contributed by atoms with Crippen LogP contribution >= 0.6 is 0 Å². The first-order valence-corrected chi connectivity index (χ1v) is 6.33. The van der Waals surface area contributed by atoms with Crippen LogP contribution in [0.15, 0.2) is 42.5 Å². The fourth-order valence-corrected chi connectivity index (χ4v) is 1.98. The van der Waals surface area contributed by atoms with E-state index in [2.05, 4.69) is 29.3 Å². The average Bonchev–Trinajstić information content (AvgIpc) is 2.45. The number of benzene rings is 1. The molecule has 0 radical (unpaired) electrons. The highest BCUT2D eigenvalue weighted by atomic mass is 16.1. The molecule has 0 bridgehead atoms. The Morgan fingerprint density at radius 1 is 1.28 bits per heavy atom. The lowest BCUT2D eigenvalue weighted by Crippen LogP contribution is -2.31. The van der Waals surface area contributed by atoms with Crippen molar-refractivity contribution in [3.8, 4) is 11.8 Å². The molecule has 0 saturated heterocycles. The highest BCUT2D eigenvalue weighted by Gasteiger charge is 2.17. The third kappa shape index (κ3) is 3.78. The smallest absolute Gasteiger partial charge is 0.224 e. The molecular formula is C16H17NO. The van der Waals surface area contributed by atoms with Gasteiger partial charge >= 0.3 is 0 Å². The fraction of sp³-hybridized carbons (Fsp3) is 0.312. The first kappa shape index (κ1) is 12.4. The van der Waals surface area contributed by atoms with Crippen molar-refractivity contribution in [1.29, 1.82) is 0 Å². The minimum absolute atomic E-state index is 0.127. The Balaban J connectivity index is 1.77. The lowest BCUT2D eigenvalue weighted by atomic mass is 9.94. The van der Waals surface area contributed by atoms with Gasteiger partial charge in [-0.15, -0.1) is 0 Å². The van der Waals surface area contributed by atoms with Crippen molar-refractivity contribution in [2.75, 3.05) is 6.54 Å². The molecule has 2 heteroatoms. The molecule has 18 heavy (non-hydrogen) atoms. The molecular weight excluding hydrogens is 222 g/mol. The second kappa shape index (κ2) is 6.66. The quantitative estimate of drug-likeness (QED) is 0.623. The zero-order valence-corrected chi connectivity index (χ0v) is 10.4. The maximum absolute atomic E-state index is 11.8. The van der Waals surface area contributed by atoms with Gasteiger partial charge in [0.25, 0.3) is 0 Å². The number of hydrogen-bond donors (Lipinski definition) is 1. The number of carbonyl (C=O) groups excluding carboxylic acids is 1. The van der Waals surface area contributed by atoms with E-state index in [0.29, 0.717) is 6.54 Å². The van der Waals surface area contributed by atoms with E-state index in [1.165, 1.54) is 0 Å². The Morgan fingerprint density at radius 3 is 2.83 bits per heavy atom. The van der Waals surface area contributed by atoms with Gasteiger partial charge in [0.15, 0.2) is 0 Å². The van der Waals surface area contributed by atoms with E-state index in [-0.39, 0.29) is 11.8 Å². The van der Waals surface area contributed by atoms with E-state index in [1.54, 1.807) is 0 Å². The summed E-state index contributed by atoms with van der Waals surface area (Å²) in [7, 11) is 0. The van der Waals surface area contributed by atoms with Crippen LogP contribution in [0.5, 0.6) is 0 Å². The predicted molar refractivity (Wildman–Crippen MR) is 72.8 cm³/mol. The summed E-state index contributed by atoms with van der Waals surface area (Å²) in [4.78, 5) is 11.8. The van der Waals surface area contributed by atoms with Crippen LogP contribution in [0.3, 0.4) is 0 Å². The predicted octanol–water partition coefficient (Wildman–Crippen LogP) is 2.51. The Hall–Kier alpha value is -2.01. The molecule has 1 amide bonds. The third-order valence-corrected chi connectivity index (χ3v) is 3.00. The molecule has 0 spiro atoms. The number of amides is 1. The number of hydrogen-bond acceptors (Lipinski definition) is 1. The molecule has 1 aliphatic rings. The Kier molecular flexibility index (Phi) is 4.60. The van der Waals surface area contributed by atoms with Crippen LogP contribution in [0.25, 0.3) is 0 Å². The molecule has 1 aromatic rings. The highest BCUT2D eigenvalue weighted by molar-refractivity contribution is 5.79. The summed E-state index contributed by atoms with van der Waals surface area (Å²) >= 11 is 0. The standard InChI is InChI=1S/C16H17NO/c18-16(15-11-5-2-6-12-15)17-13-7-10-14-8-3-1-4-9-14/h1-5,8-9,15H,6,11-13H2,(H,17,18)/t15-/m1/s1. The first-order valence-electron chi connectivity index (χ1n) is 6.33. The lowest BCUT2D eigenvalue weighted by Gasteiger charge is -2.15. The second-order valence-corrected chi connectivity index (χ2v) is 4.37. The van der Waals surface area contributed by atoms with Crippen molar-refractivity contribution in [3.05, 3.63) is 48.0 Å². The molecule has 1 aromatic carbocycles. The SMILES string of the molecule is O=C(NCC#Cc1ccccc1)[C@@H]1CC=CCC1. The van der Waals surface area contributed by atoms with Crippen LogP contribution < -0.4 is 5.32 Å². The van der Waals surface area contributed by atoms with Crippen LogP contribution in [-0.4, -0.2) is 12.5 Å². The van der Waals surface area contributed by atoms with Gasteiger partial charge in [-0.05, 0) is 31.4 Å². The van der Waals surface area contributed by atoms with E-state index in [1.807, 2.05) is 30.3 Å². The molecule has 0 aromatic heterocycles. The molecule has 2 nitrogen and oxygen atoms in total. The van der Waals surface area contributed by atoms with Crippen LogP contribution in [0.1, 0.15) is 24.8 Å². The van der Waals surface area contributed by atoms with E-state index in [9.17, 15) is 4.79 Å². The largest absolute Gasteiger partial charge is 0.345 e. The van der Waals surface area contributed by atoms with E-state index < -0.39 is 0 Å². The summed E-state index contributed by atoms with van der Waals surface area (Å²) < 4.78 is 0. The zero-order chi connectivity index (χ0) is 12.6. The maximum atomic E-state index is 11.8. The van der Waals surface area contributed by atoms with Crippen molar-refractivity contribution in [1.82, 2.24) is 5.32 Å². The van der Waals surface area contributed by atoms with Crippen molar-refractivity contribution in [2.45, 2.75) is 19.3 Å². The van der Waals surface area contributed by atoms with Crippen molar-refractivity contribution in [2.24, 2.45) is 5.92 Å². The summed E-state index contributed by atoms with van der Waals surface area (Å²) in [6, 6.07) is 9.79. The Bertz CT molecular complexity index is 479. The molecule has 0 aliphatic heterocycles. The summed E-state index contributed by atoms with van der Waals surface area (Å²) in [5.74, 6) is 6.26. The van der Waals surface area contributed by atoms with Gasteiger partial charge in [0, 0.05) is 11.5 Å². The number of nitrogens with one attached hydrogen (secondary N) is 1. The third-order valence-electron chi connectivity index (χ3n) is 3.00. The minimum atomic E-state index is 0.127. The fourth-order valence-electron chi connectivity index (χ4n) is 1.98. The van der Waals surface area contributed by atoms with Gasteiger partial charge in [0.05, 0.1) is 6.54 Å². The summed E-state index contributed by atoms with van der Waals surface area (Å²) in [5.41, 5.74) is 0.979. The van der Waals surface area contributed by atoms with Crippen LogP contribution in [0.4, 0.5) is 0 Å². The summed E-state index contributed by atoms with van der Waals surface area (Å²) in [6.07, 6.45) is 7.04. The molecule has 1 N–H and O–H groups in total. The van der Waals surface area contributed by atoms with Gasteiger partial charge in [-0.25, -0.2) is 0 Å². The van der Waals surface area contributed by atoms with Gasteiger partial charge in [0.2, 0.25) is 5.91 Å². The summed E-state index contributed by atoms with van der Waals surface area (Å²) in [6.45, 7) is 0.425. The van der Waals surface area contributed by atoms with Crippen LogP contribution in [-0.2, 0) is 4.79 Å². The molecule has 1 aliphatic carbocycles. The normalized spacial score (nSPS) is 17.7. The molecule has 0 unspecified atom stereocenters. The van der Waals surface area contributed by atoms with Gasteiger partial charge in [-0.3, -0.25) is 4.79 Å². The molecule has 1 atom stereocenters. The molecule has 0 fully saturated rings. The van der Waals surface area contributed by atoms with E-state index >= 15 is 0 Å². The molecule has 92 valence electrons. The average molecular weight is 239 g/mol. The van der Waals surface area contributed by atoms with Crippen molar-refractivity contribution < 1.29 is 4.79 Å². The number of carbonyl (C=O) groups is 1. The van der Waals surface area contributed by atoms with Gasteiger partial charge in [-0.1, -0.05) is 42.2 Å².